The van der Waals surface area contributed by atoms with E-state index in [1.165, 1.54) is 0 Å². The summed E-state index contributed by atoms with van der Waals surface area (Å²) in [4.78, 5) is 0. The van der Waals surface area contributed by atoms with Crippen LogP contribution in [0.1, 0.15) is 27.7 Å². The van der Waals surface area contributed by atoms with E-state index in [-0.39, 0.29) is 13.2 Å². The molecule has 0 heterocycles. The van der Waals surface area contributed by atoms with Gasteiger partial charge in [-0.25, -0.2) is 0 Å². The largest absolute Gasteiger partial charge is 0.395 e. The van der Waals surface area contributed by atoms with Crippen molar-refractivity contribution in [2.45, 2.75) is 27.7 Å². The van der Waals surface area contributed by atoms with Gasteiger partial charge in [0.1, 0.15) is 0 Å². The maximum Gasteiger partial charge on any atom is 0.0555 e. The summed E-state index contributed by atoms with van der Waals surface area (Å²) in [5.74, 6) is 1.34. The molecule has 0 fully saturated rings. The third kappa shape index (κ3) is 23.6. The second-order valence-corrected chi connectivity index (χ2v) is 4.52. The highest BCUT2D eigenvalue weighted by atomic mass is 16.5. The van der Waals surface area contributed by atoms with E-state index in [0.29, 0.717) is 24.9 Å². The van der Waals surface area contributed by atoms with Crippen LogP contribution in [0.3, 0.4) is 0 Å². The molecule has 4 heteroatoms. The fourth-order valence-electron chi connectivity index (χ4n) is 0.823. The molecular weight excluding hydrogens is 206 g/mol. The molecule has 0 radical (unpaired) electrons. The number of hydrogen-bond acceptors (Lipinski definition) is 4. The van der Waals surface area contributed by atoms with Crippen molar-refractivity contribution in [3.63, 3.8) is 0 Å². The van der Waals surface area contributed by atoms with Gasteiger partial charge in [-0.05, 0) is 11.8 Å². The van der Waals surface area contributed by atoms with Crippen LogP contribution in [-0.4, -0.2) is 49.7 Å². The van der Waals surface area contributed by atoms with Crippen molar-refractivity contribution in [3.05, 3.63) is 0 Å². The molecule has 3 N–H and O–H groups in total. The Balaban J connectivity index is 0. The van der Waals surface area contributed by atoms with E-state index < -0.39 is 0 Å². The molecule has 100 valence electrons. The van der Waals surface area contributed by atoms with Crippen molar-refractivity contribution in [2.75, 3.05) is 39.5 Å². The van der Waals surface area contributed by atoms with Crippen LogP contribution >= 0.6 is 0 Å². The molecule has 0 rings (SSSR count). The quantitative estimate of drug-likeness (QED) is 0.547. The Morgan fingerprint density at radius 2 is 1.25 bits per heavy atom. The van der Waals surface area contributed by atoms with Crippen LogP contribution in [0.25, 0.3) is 0 Å². The molecule has 0 spiro atoms. The maximum absolute atomic E-state index is 8.15. The van der Waals surface area contributed by atoms with Gasteiger partial charge in [-0.3, -0.25) is 0 Å². The summed E-state index contributed by atoms with van der Waals surface area (Å²) in [6, 6.07) is 0. The Labute approximate surface area is 100 Å². The van der Waals surface area contributed by atoms with E-state index in [0.717, 1.165) is 13.2 Å². The zero-order valence-electron chi connectivity index (χ0n) is 11.2. The van der Waals surface area contributed by atoms with Gasteiger partial charge in [0.05, 0.1) is 13.2 Å². The molecule has 0 aliphatic rings. The molecular formula is C12H29NO3. The van der Waals surface area contributed by atoms with E-state index in [1.54, 1.807) is 0 Å². The predicted octanol–water partition coefficient (Wildman–Crippen LogP) is 0.876. The van der Waals surface area contributed by atoms with Gasteiger partial charge in [-0.15, -0.1) is 0 Å². The van der Waals surface area contributed by atoms with E-state index in [1.807, 2.05) is 0 Å². The average molecular weight is 235 g/mol. The van der Waals surface area contributed by atoms with Crippen LogP contribution in [0, 0.1) is 11.8 Å². The minimum absolute atomic E-state index is 0.139. The molecule has 16 heavy (non-hydrogen) atoms. The lowest BCUT2D eigenvalue weighted by atomic mass is 10.2. The fraction of sp³-hybridized carbons (Fsp3) is 1.00. The maximum atomic E-state index is 8.15. The zero-order valence-corrected chi connectivity index (χ0v) is 11.2. The van der Waals surface area contributed by atoms with Crippen molar-refractivity contribution in [1.82, 2.24) is 5.32 Å². The summed E-state index contributed by atoms with van der Waals surface area (Å²) in [5, 5.41) is 19.1. The zero-order chi connectivity index (χ0) is 12.8. The standard InChI is InChI=1S/C8H18O.C4H11NO2/c1-7(2)5-9-6-8(3)4;6-3-1-5-2-4-7/h7-8H,5-6H2,1-4H3;5-7H,1-4H2. The molecule has 0 amide bonds. The summed E-state index contributed by atoms with van der Waals surface area (Å²) in [7, 11) is 0. The first kappa shape index (κ1) is 18.2. The van der Waals surface area contributed by atoms with E-state index >= 15 is 0 Å². The lowest BCUT2D eigenvalue weighted by Crippen LogP contribution is -2.21. The van der Waals surface area contributed by atoms with Crippen molar-refractivity contribution in [3.8, 4) is 0 Å². The smallest absolute Gasteiger partial charge is 0.0555 e. The van der Waals surface area contributed by atoms with Crippen LogP contribution in [0.15, 0.2) is 0 Å². The molecule has 0 unspecified atom stereocenters. The molecule has 0 aliphatic heterocycles. The first-order chi connectivity index (χ1) is 7.54. The number of aliphatic hydroxyl groups excluding tert-OH is 2. The summed E-state index contributed by atoms with van der Waals surface area (Å²) in [6.07, 6.45) is 0. The Morgan fingerprint density at radius 1 is 0.875 bits per heavy atom. The fourth-order valence-corrected chi connectivity index (χ4v) is 0.823. The molecule has 0 atom stereocenters. The van der Waals surface area contributed by atoms with Crippen LogP contribution in [-0.2, 0) is 4.74 Å². The summed E-state index contributed by atoms with van der Waals surface area (Å²) < 4.78 is 5.36. The summed E-state index contributed by atoms with van der Waals surface area (Å²) >= 11 is 0. The number of nitrogens with one attached hydrogen (secondary N) is 1. The molecule has 4 nitrogen and oxygen atoms in total. The van der Waals surface area contributed by atoms with Gasteiger partial charge < -0.3 is 20.3 Å². The third-order valence-electron chi connectivity index (χ3n) is 1.48. The minimum atomic E-state index is 0.139. The van der Waals surface area contributed by atoms with E-state index in [4.69, 9.17) is 14.9 Å². The Bertz CT molecular complexity index is 107. The van der Waals surface area contributed by atoms with Crippen LogP contribution in [0.5, 0.6) is 0 Å². The topological polar surface area (TPSA) is 61.7 Å². The van der Waals surface area contributed by atoms with Crippen molar-refractivity contribution in [2.24, 2.45) is 11.8 Å². The molecule has 0 aromatic carbocycles. The lowest BCUT2D eigenvalue weighted by Gasteiger charge is -2.07. The lowest BCUT2D eigenvalue weighted by molar-refractivity contribution is 0.0886. The van der Waals surface area contributed by atoms with Gasteiger partial charge in [-0.2, -0.15) is 0 Å². The second kappa shape index (κ2) is 14.8. The van der Waals surface area contributed by atoms with Crippen molar-refractivity contribution >= 4 is 0 Å². The normalized spacial score (nSPS) is 10.5. The molecule has 0 saturated heterocycles. The van der Waals surface area contributed by atoms with Gasteiger partial charge in [0.2, 0.25) is 0 Å². The van der Waals surface area contributed by atoms with E-state index in [2.05, 4.69) is 33.0 Å². The monoisotopic (exact) mass is 235 g/mol. The molecule has 0 aromatic rings. The SMILES string of the molecule is CC(C)COCC(C)C.OCCNCCO. The second-order valence-electron chi connectivity index (χ2n) is 4.52. The van der Waals surface area contributed by atoms with Crippen LogP contribution in [0.2, 0.25) is 0 Å². The average Bonchev–Trinajstić information content (AvgIpc) is 2.18. The molecule has 0 bridgehead atoms. The number of rotatable bonds is 8. The Hall–Kier alpha value is -0.160. The Kier molecular flexibility index (Phi) is 16.9. The van der Waals surface area contributed by atoms with Gasteiger partial charge in [0.25, 0.3) is 0 Å². The first-order valence-electron chi connectivity index (χ1n) is 6.04. The molecule has 0 aromatic heterocycles. The van der Waals surface area contributed by atoms with E-state index in [9.17, 15) is 0 Å². The number of ether oxygens (including phenoxy) is 1. The van der Waals surface area contributed by atoms with Crippen LogP contribution in [0.4, 0.5) is 0 Å². The summed E-state index contributed by atoms with van der Waals surface area (Å²) in [6.45, 7) is 11.9. The summed E-state index contributed by atoms with van der Waals surface area (Å²) in [5.41, 5.74) is 0. The van der Waals surface area contributed by atoms with Gasteiger partial charge in [0.15, 0.2) is 0 Å². The number of aliphatic hydroxyl groups is 2. The van der Waals surface area contributed by atoms with Crippen molar-refractivity contribution in [1.29, 1.82) is 0 Å². The Morgan fingerprint density at radius 3 is 1.50 bits per heavy atom. The van der Waals surface area contributed by atoms with Gasteiger partial charge >= 0.3 is 0 Å². The number of hydrogen-bond donors (Lipinski definition) is 3. The van der Waals surface area contributed by atoms with Crippen molar-refractivity contribution < 1.29 is 14.9 Å². The highest BCUT2D eigenvalue weighted by molar-refractivity contribution is 4.42. The van der Waals surface area contributed by atoms with Gasteiger partial charge in [-0.1, -0.05) is 27.7 Å². The van der Waals surface area contributed by atoms with Crippen LogP contribution < -0.4 is 5.32 Å². The molecule has 0 saturated carbocycles. The first-order valence-corrected chi connectivity index (χ1v) is 6.04. The third-order valence-corrected chi connectivity index (χ3v) is 1.48. The highest BCUT2D eigenvalue weighted by Gasteiger charge is 1.95. The predicted molar refractivity (Wildman–Crippen MR) is 67.5 cm³/mol. The minimum Gasteiger partial charge on any atom is -0.395 e. The van der Waals surface area contributed by atoms with Gasteiger partial charge in [0, 0.05) is 26.3 Å². The molecule has 0 aliphatic carbocycles. The highest BCUT2D eigenvalue weighted by Crippen LogP contribution is 1.96.